The Labute approximate surface area is 848 Å². The topological polar surface area (TPSA) is 523 Å². The molecule has 740 valence electrons. The zero-order valence-electron chi connectivity index (χ0n) is 80.9. The molecule has 0 heterocycles. The van der Waals surface area contributed by atoms with Crippen LogP contribution >= 0.6 is 0 Å². The molecule has 0 spiro atoms. The molecule has 30 heteroatoms. The van der Waals surface area contributed by atoms with Gasteiger partial charge in [0.2, 0.25) is 0 Å². The molecule has 20 N–H and O–H groups in total. The normalized spacial score (nSPS) is 12.3. The number of aryl methyl sites for hydroxylation is 2. The highest BCUT2D eigenvalue weighted by Gasteiger charge is 2.44. The van der Waals surface area contributed by atoms with Gasteiger partial charge in [-0.1, -0.05) is 251 Å². The number of ether oxygens (including phenoxy) is 10. The molecule has 16 aromatic rings. The molecule has 30 nitrogen and oxygen atoms in total. The summed E-state index contributed by atoms with van der Waals surface area (Å²) in [6.45, 7) is 8.74. The van der Waals surface area contributed by atoms with Gasteiger partial charge in [-0.3, -0.25) is 47.9 Å². The van der Waals surface area contributed by atoms with E-state index in [0.717, 1.165) is 36.8 Å². The number of benzene rings is 16. The van der Waals surface area contributed by atoms with Gasteiger partial charge in [0.1, 0.15) is 34.5 Å². The number of ketones is 10. The lowest BCUT2D eigenvalue weighted by atomic mass is 9.82. The average Bonchev–Trinajstić information content (AvgIpc) is 0.739. The molecule has 0 bridgehead atoms. The van der Waals surface area contributed by atoms with Crippen molar-refractivity contribution in [3.8, 4) is 92.0 Å². The van der Waals surface area contributed by atoms with Crippen LogP contribution in [0.5, 0.6) is 92.0 Å². The summed E-state index contributed by atoms with van der Waals surface area (Å²) in [6, 6.07) is 83.5. The van der Waals surface area contributed by atoms with Crippen molar-refractivity contribution in [3.63, 3.8) is 0 Å². The van der Waals surface area contributed by atoms with E-state index in [1.807, 2.05) is 88.4 Å². The second kappa shape index (κ2) is 42.6. The number of rotatable bonds is 22. The monoisotopic (exact) mass is 1970 g/mol. The van der Waals surface area contributed by atoms with Crippen molar-refractivity contribution in [1.29, 1.82) is 0 Å². The van der Waals surface area contributed by atoms with Gasteiger partial charge in [0.15, 0.2) is 115 Å². The number of hydrogen-bond acceptors (Lipinski definition) is 30. The van der Waals surface area contributed by atoms with Crippen LogP contribution in [-0.4, -0.2) is 85.3 Å². The van der Waals surface area contributed by atoms with E-state index in [0.29, 0.717) is 70.0 Å². The molecule has 0 saturated carbocycles. The van der Waals surface area contributed by atoms with Gasteiger partial charge in [-0.25, -0.2) is 0 Å². The van der Waals surface area contributed by atoms with Crippen LogP contribution in [0.4, 0.5) is 56.9 Å². The van der Waals surface area contributed by atoms with Gasteiger partial charge in [0, 0.05) is 55.6 Å². The first kappa shape index (κ1) is 99.8. The van der Waals surface area contributed by atoms with Gasteiger partial charge in [-0.05, 0) is 105 Å². The number of hydrogen-bond donors (Lipinski definition) is 10. The van der Waals surface area contributed by atoms with E-state index >= 15 is 0 Å². The number of fused-ring (bicyclic) bond motifs is 10. The van der Waals surface area contributed by atoms with Crippen molar-refractivity contribution in [2.45, 2.75) is 53.4 Å². The lowest BCUT2D eigenvalue weighted by Crippen LogP contribution is -2.25. The highest BCUT2D eigenvalue weighted by atomic mass is 16.5. The lowest BCUT2D eigenvalue weighted by molar-refractivity contribution is 0.0979. The lowest BCUT2D eigenvalue weighted by Gasteiger charge is -2.25. The molecular weight excluding hydrogens is 1880 g/mol. The number of nitrogens with two attached hydrogens (primary N) is 10. The molecule has 0 aliphatic heterocycles. The molecule has 16 aromatic carbocycles. The Morgan fingerprint density at radius 2 is 0.392 bits per heavy atom. The minimum absolute atomic E-state index is 0.000472. The molecule has 21 rings (SSSR count). The third-order valence-corrected chi connectivity index (χ3v) is 25.0. The quantitative estimate of drug-likeness (QED) is 0.0222. The van der Waals surface area contributed by atoms with E-state index in [4.69, 9.17) is 105 Å². The molecule has 0 radical (unpaired) electrons. The molecular formula is C118H98N10O20. The third-order valence-electron chi connectivity index (χ3n) is 25.0. The van der Waals surface area contributed by atoms with Gasteiger partial charge in [-0.15, -0.1) is 0 Å². The van der Waals surface area contributed by atoms with E-state index in [-0.39, 0.29) is 261 Å². The predicted octanol–water partition coefficient (Wildman–Crippen LogP) is 21.9. The summed E-state index contributed by atoms with van der Waals surface area (Å²) in [5, 5.41) is 0. The van der Waals surface area contributed by atoms with Gasteiger partial charge in [-0.2, -0.15) is 0 Å². The van der Waals surface area contributed by atoms with E-state index in [1.54, 1.807) is 231 Å². The SMILES string of the molecule is CCCCOc1c(N)c2c(c(N)c1OCCCC)C(=O)c1ccccc1C2=O.COc1c(N)c2c(c(N)c1OC)C(=O)c1ccccc1C2=O.Cc1cccc(Oc2c(N)c3c(c(N)c2Oc2ccccc2)C(=O)c2ccccc2C3=O)c1.Cc1ccccc1Oc1c(N)c2c(c(N)c1Oc1ccccc1)C(=O)c1ccccc1C2=O.Nc1c(Oc2ccccc2)c(Oc2ccccc2)c(N)c2c1C(=O)c1ccccc1C2=O. The minimum Gasteiger partial charge on any atom is -0.491 e. The number of para-hydroxylation sites is 5. The molecule has 148 heavy (non-hydrogen) atoms. The van der Waals surface area contributed by atoms with Gasteiger partial charge >= 0.3 is 0 Å². The Kier molecular flexibility index (Phi) is 28.7. The second-order valence-corrected chi connectivity index (χ2v) is 34.5. The molecule has 0 atom stereocenters. The van der Waals surface area contributed by atoms with Crippen LogP contribution in [0.15, 0.2) is 291 Å². The summed E-state index contributed by atoms with van der Waals surface area (Å²) in [6.07, 6.45) is 3.52. The molecule has 0 fully saturated rings. The van der Waals surface area contributed by atoms with Crippen molar-refractivity contribution in [2.75, 3.05) is 84.8 Å². The maximum absolute atomic E-state index is 13.4. The van der Waals surface area contributed by atoms with Crippen molar-refractivity contribution in [2.24, 2.45) is 0 Å². The van der Waals surface area contributed by atoms with Crippen LogP contribution < -0.4 is 105 Å². The number of carbonyl (C=O) groups is 10. The molecule has 5 aliphatic carbocycles. The van der Waals surface area contributed by atoms with Crippen molar-refractivity contribution in [1.82, 2.24) is 0 Å². The maximum atomic E-state index is 13.4. The van der Waals surface area contributed by atoms with Crippen molar-refractivity contribution < 1.29 is 95.3 Å². The summed E-state index contributed by atoms with van der Waals surface area (Å²) < 4.78 is 58.6. The first-order chi connectivity index (χ1) is 71.5. The Balaban J connectivity index is 0.000000127. The fraction of sp³-hybridized carbons (Fsp3) is 0.102. The van der Waals surface area contributed by atoms with Crippen LogP contribution in [0.1, 0.15) is 210 Å². The third kappa shape index (κ3) is 18.6. The molecule has 0 amide bonds. The summed E-state index contributed by atoms with van der Waals surface area (Å²) in [5.41, 5.74) is 69.2. The highest BCUT2D eigenvalue weighted by Crippen LogP contribution is 2.57. The summed E-state index contributed by atoms with van der Waals surface area (Å²) in [5.74, 6) is 0.581. The van der Waals surface area contributed by atoms with Crippen LogP contribution in [-0.2, 0) is 0 Å². The number of methoxy groups -OCH3 is 2. The Morgan fingerprint density at radius 1 is 0.203 bits per heavy atom. The number of anilines is 10. The summed E-state index contributed by atoms with van der Waals surface area (Å²) >= 11 is 0. The first-order valence-corrected chi connectivity index (χ1v) is 46.9. The standard InChI is InChI=1S/2C27H20N2O4.C26H18N2O4.C22H26N2O4.C16H14N2O4/c1-15-9-5-8-14-19(15)33-27-23(29)21-20(22(28)26(27)32-16-10-3-2-4-11-16)24(30)17-12-6-7-13-18(17)25(21)31;1-15-8-7-11-17(14-15)33-27-23(29)21-20(22(28)26(27)32-16-9-3-2-4-10-16)24(30)18-12-5-6-13-19(18)25(21)31;27-21-19-20(24(30)18-14-8-7-13-17(18)23(19)29)22(28)26(32-16-11-5-2-6-12-16)25(21)31-15-9-3-1-4-10-15;1-3-5-11-27-21-17(23)15-16(18(24)22(21)28-12-6-4-2)20(26)14-10-8-7-9-13(14)19(15)25;1-21-15-11(17)9-10(12(18)16(15)22-2)14(20)8-6-4-3-5-7(8)13(9)19/h2*2-14H,28-29H2,1H3;1-14H,27-28H2;7-10H,3-6,11-12,23-24H2,1-2H3;3-6H,17-18H2,1-2H3. The maximum Gasteiger partial charge on any atom is 0.196 e. The highest BCUT2D eigenvalue weighted by molar-refractivity contribution is 6.37. The largest absolute Gasteiger partial charge is 0.491 e. The minimum atomic E-state index is -0.386. The molecule has 0 saturated heterocycles. The smallest absolute Gasteiger partial charge is 0.196 e. The number of nitrogen functional groups attached to an aromatic ring is 10. The van der Waals surface area contributed by atoms with Gasteiger partial charge in [0.25, 0.3) is 0 Å². The Hall–Kier alpha value is -19.8. The molecule has 0 aromatic heterocycles. The van der Waals surface area contributed by atoms with E-state index < -0.39 is 0 Å². The van der Waals surface area contributed by atoms with E-state index in [1.165, 1.54) is 14.2 Å². The second-order valence-electron chi connectivity index (χ2n) is 34.5. The average molecular weight is 1980 g/mol. The van der Waals surface area contributed by atoms with Gasteiger partial charge < -0.3 is 105 Å². The first-order valence-electron chi connectivity index (χ1n) is 46.9. The van der Waals surface area contributed by atoms with E-state index in [2.05, 4.69) is 0 Å². The fourth-order valence-corrected chi connectivity index (χ4v) is 17.7. The van der Waals surface area contributed by atoms with Crippen molar-refractivity contribution >= 4 is 115 Å². The number of carbonyl (C=O) groups excluding carboxylic acids is 10. The fourth-order valence-electron chi connectivity index (χ4n) is 17.7. The zero-order chi connectivity index (χ0) is 105. The number of unbranched alkanes of at least 4 members (excludes halogenated alkanes) is 2. The Bertz CT molecular complexity index is 7850. The van der Waals surface area contributed by atoms with Crippen molar-refractivity contribution in [3.05, 3.63) is 414 Å². The summed E-state index contributed by atoms with van der Waals surface area (Å²) in [4.78, 5) is 132. The molecule has 0 unspecified atom stereocenters. The van der Waals surface area contributed by atoms with E-state index in [9.17, 15) is 47.9 Å². The van der Waals surface area contributed by atoms with Crippen LogP contribution in [0.25, 0.3) is 0 Å². The summed E-state index contributed by atoms with van der Waals surface area (Å²) in [7, 11) is 2.78. The molecule has 5 aliphatic rings. The van der Waals surface area contributed by atoms with Gasteiger partial charge in [0.05, 0.1) is 140 Å². The Morgan fingerprint density at radius 3 is 0.608 bits per heavy atom. The zero-order valence-corrected chi connectivity index (χ0v) is 80.9. The van der Waals surface area contributed by atoms with Crippen LogP contribution in [0.2, 0.25) is 0 Å². The predicted molar refractivity (Wildman–Crippen MR) is 565 cm³/mol. The van der Waals surface area contributed by atoms with Crippen LogP contribution in [0, 0.1) is 13.8 Å². The van der Waals surface area contributed by atoms with Crippen LogP contribution in [0.3, 0.4) is 0 Å².